The minimum atomic E-state index is -0.923. The lowest BCUT2D eigenvalue weighted by atomic mass is 9.96. The first kappa shape index (κ1) is 17.4. The molecule has 0 radical (unpaired) electrons. The zero-order valence-electron chi connectivity index (χ0n) is 14.3. The molecule has 26 heavy (non-hydrogen) atoms. The summed E-state index contributed by atoms with van der Waals surface area (Å²) in [5, 5.41) is 13.0. The van der Waals surface area contributed by atoms with Crippen molar-refractivity contribution in [3.05, 3.63) is 54.1 Å². The summed E-state index contributed by atoms with van der Waals surface area (Å²) in [4.78, 5) is 29.4. The lowest BCUT2D eigenvalue weighted by Crippen LogP contribution is -2.48. The second-order valence-electron chi connectivity index (χ2n) is 6.21. The first-order valence-electron chi connectivity index (χ1n) is 8.27. The van der Waals surface area contributed by atoms with E-state index in [2.05, 4.69) is 10.3 Å². The van der Waals surface area contributed by atoms with Crippen LogP contribution >= 0.6 is 0 Å². The molecule has 6 nitrogen and oxygen atoms in total. The fourth-order valence-electron chi connectivity index (χ4n) is 3.05. The van der Waals surface area contributed by atoms with Gasteiger partial charge in [-0.3, -0.25) is 9.59 Å². The number of amides is 2. The summed E-state index contributed by atoms with van der Waals surface area (Å²) in [5.74, 6) is -1.46. The Morgan fingerprint density at radius 2 is 1.65 bits per heavy atom. The van der Waals surface area contributed by atoms with Crippen LogP contribution in [0.1, 0.15) is 23.7 Å². The molecule has 0 aliphatic carbocycles. The molecule has 0 spiro atoms. The maximum absolute atomic E-state index is 13.1. The highest BCUT2D eigenvalue weighted by Gasteiger charge is 2.26. The van der Waals surface area contributed by atoms with Crippen LogP contribution in [-0.4, -0.2) is 22.8 Å². The molecule has 6 heteroatoms. The molecule has 130 valence electrons. The third-order valence-electron chi connectivity index (χ3n) is 4.39. The molecule has 0 bridgehead atoms. The molecule has 0 saturated carbocycles. The van der Waals surface area contributed by atoms with Crippen molar-refractivity contribution < 1.29 is 9.59 Å². The quantitative estimate of drug-likeness (QED) is 0.692. The minimum Gasteiger partial charge on any atom is -0.368 e. The molecule has 3 rings (SSSR count). The number of aromatic nitrogens is 1. The molecule has 0 aliphatic heterocycles. The van der Waals surface area contributed by atoms with Gasteiger partial charge in [0.05, 0.1) is 22.7 Å². The number of hydrogen-bond donors (Lipinski definition) is 2. The average molecular weight is 346 g/mol. The van der Waals surface area contributed by atoms with E-state index in [9.17, 15) is 9.59 Å². The van der Waals surface area contributed by atoms with E-state index in [1.165, 1.54) is 0 Å². The standard InChI is InChI=1S/C20H18N4O2/c1-12(10-11-21)18(19(22)25)24-20(26)17-13-6-2-4-8-15(13)23-16-9-5-3-7-14(16)17/h2-9,12,18H,10H2,1H3,(H2,22,25)(H,24,26)/t12-,18-/m0/s1. The number of primary amides is 1. The van der Waals surface area contributed by atoms with Gasteiger partial charge in [0.2, 0.25) is 5.91 Å². The van der Waals surface area contributed by atoms with E-state index in [0.29, 0.717) is 27.4 Å². The number of nitrogens with two attached hydrogens (primary N) is 1. The summed E-state index contributed by atoms with van der Waals surface area (Å²) in [6, 6.07) is 15.8. The number of pyridine rings is 1. The molecular weight excluding hydrogens is 328 g/mol. The zero-order valence-corrected chi connectivity index (χ0v) is 14.3. The molecule has 3 N–H and O–H groups in total. The fraction of sp³-hybridized carbons (Fsp3) is 0.200. The van der Waals surface area contributed by atoms with Gasteiger partial charge in [-0.1, -0.05) is 43.3 Å². The first-order chi connectivity index (χ1) is 12.5. The smallest absolute Gasteiger partial charge is 0.253 e. The molecule has 0 aliphatic rings. The zero-order chi connectivity index (χ0) is 18.7. The second kappa shape index (κ2) is 7.19. The van der Waals surface area contributed by atoms with Crippen molar-refractivity contribution in [1.82, 2.24) is 10.3 Å². The van der Waals surface area contributed by atoms with Gasteiger partial charge in [0.25, 0.3) is 5.91 Å². The molecule has 2 atom stereocenters. The third kappa shape index (κ3) is 3.20. The van der Waals surface area contributed by atoms with Crippen LogP contribution in [0.5, 0.6) is 0 Å². The van der Waals surface area contributed by atoms with Crippen molar-refractivity contribution >= 4 is 33.6 Å². The Bertz CT molecular complexity index is 985. The van der Waals surface area contributed by atoms with Gasteiger partial charge in [-0.05, 0) is 18.1 Å². The van der Waals surface area contributed by atoms with E-state index >= 15 is 0 Å². The molecule has 2 amide bonds. The van der Waals surface area contributed by atoms with Crippen molar-refractivity contribution in [2.75, 3.05) is 0 Å². The Morgan fingerprint density at radius 1 is 1.12 bits per heavy atom. The Kier molecular flexibility index (Phi) is 4.81. The van der Waals surface area contributed by atoms with Gasteiger partial charge in [-0.25, -0.2) is 4.98 Å². The molecule has 3 aromatic rings. The molecular formula is C20H18N4O2. The van der Waals surface area contributed by atoms with Crippen LogP contribution in [0, 0.1) is 17.2 Å². The highest BCUT2D eigenvalue weighted by atomic mass is 16.2. The number of para-hydroxylation sites is 2. The van der Waals surface area contributed by atoms with Crippen LogP contribution in [0.4, 0.5) is 0 Å². The number of nitrogens with one attached hydrogen (secondary N) is 1. The number of nitriles is 1. The van der Waals surface area contributed by atoms with Gasteiger partial charge >= 0.3 is 0 Å². The fourth-order valence-corrected chi connectivity index (χ4v) is 3.05. The van der Waals surface area contributed by atoms with Crippen molar-refractivity contribution in [2.45, 2.75) is 19.4 Å². The Morgan fingerprint density at radius 3 is 2.15 bits per heavy atom. The Balaban J connectivity index is 2.12. The number of benzene rings is 2. The maximum Gasteiger partial charge on any atom is 0.253 e. The highest BCUT2D eigenvalue weighted by molar-refractivity contribution is 6.16. The van der Waals surface area contributed by atoms with Gasteiger partial charge < -0.3 is 11.1 Å². The number of hydrogen-bond acceptors (Lipinski definition) is 4. The number of rotatable bonds is 5. The van der Waals surface area contributed by atoms with E-state index in [-0.39, 0.29) is 12.3 Å². The topological polar surface area (TPSA) is 109 Å². The normalized spacial score (nSPS) is 13.1. The molecule has 0 saturated heterocycles. The van der Waals surface area contributed by atoms with Gasteiger partial charge in [0, 0.05) is 17.2 Å². The van der Waals surface area contributed by atoms with Crippen molar-refractivity contribution in [3.8, 4) is 6.07 Å². The number of nitrogens with zero attached hydrogens (tertiary/aromatic N) is 2. The monoisotopic (exact) mass is 346 g/mol. The summed E-state index contributed by atoms with van der Waals surface area (Å²) in [7, 11) is 0. The average Bonchev–Trinajstić information content (AvgIpc) is 2.63. The molecule has 1 aromatic heterocycles. The SMILES string of the molecule is C[C@@H](CC#N)[C@H](NC(=O)c1c2ccccc2nc2ccccc12)C(N)=O. The van der Waals surface area contributed by atoms with Crippen LogP contribution in [0.3, 0.4) is 0 Å². The van der Waals surface area contributed by atoms with Crippen LogP contribution in [0.25, 0.3) is 21.8 Å². The first-order valence-corrected chi connectivity index (χ1v) is 8.27. The highest BCUT2D eigenvalue weighted by Crippen LogP contribution is 2.26. The van der Waals surface area contributed by atoms with E-state index in [1.807, 2.05) is 54.6 Å². The van der Waals surface area contributed by atoms with E-state index < -0.39 is 17.9 Å². The van der Waals surface area contributed by atoms with Gasteiger partial charge in [-0.2, -0.15) is 5.26 Å². The Hall–Kier alpha value is -3.46. The van der Waals surface area contributed by atoms with Crippen molar-refractivity contribution in [3.63, 3.8) is 0 Å². The maximum atomic E-state index is 13.1. The third-order valence-corrected chi connectivity index (χ3v) is 4.39. The van der Waals surface area contributed by atoms with Gasteiger partial charge in [0.15, 0.2) is 0 Å². The predicted molar refractivity (Wildman–Crippen MR) is 99.1 cm³/mol. The molecule has 1 heterocycles. The summed E-state index contributed by atoms with van der Waals surface area (Å²) in [6.07, 6.45) is 0.117. The largest absolute Gasteiger partial charge is 0.368 e. The number of carbonyl (C=O) groups is 2. The minimum absolute atomic E-state index is 0.117. The van der Waals surface area contributed by atoms with Crippen LogP contribution < -0.4 is 11.1 Å². The second-order valence-corrected chi connectivity index (χ2v) is 6.21. The van der Waals surface area contributed by atoms with Crippen molar-refractivity contribution in [2.24, 2.45) is 11.7 Å². The van der Waals surface area contributed by atoms with Gasteiger partial charge in [-0.15, -0.1) is 0 Å². The van der Waals surface area contributed by atoms with E-state index in [1.54, 1.807) is 6.92 Å². The summed E-state index contributed by atoms with van der Waals surface area (Å²) >= 11 is 0. The van der Waals surface area contributed by atoms with E-state index in [0.717, 1.165) is 0 Å². The summed E-state index contributed by atoms with van der Waals surface area (Å²) in [6.45, 7) is 1.71. The molecule has 0 unspecified atom stereocenters. The lowest BCUT2D eigenvalue weighted by Gasteiger charge is -2.21. The molecule has 0 fully saturated rings. The van der Waals surface area contributed by atoms with Crippen LogP contribution in [0.15, 0.2) is 48.5 Å². The summed E-state index contributed by atoms with van der Waals surface area (Å²) < 4.78 is 0. The van der Waals surface area contributed by atoms with Gasteiger partial charge in [0.1, 0.15) is 6.04 Å². The van der Waals surface area contributed by atoms with Crippen LogP contribution in [-0.2, 0) is 4.79 Å². The predicted octanol–water partition coefficient (Wildman–Crippen LogP) is 2.52. The molecule has 2 aromatic carbocycles. The van der Waals surface area contributed by atoms with Crippen LogP contribution in [0.2, 0.25) is 0 Å². The summed E-state index contributed by atoms with van der Waals surface area (Å²) in [5.41, 5.74) is 7.27. The lowest BCUT2D eigenvalue weighted by molar-refractivity contribution is -0.120. The van der Waals surface area contributed by atoms with E-state index in [4.69, 9.17) is 11.0 Å². The number of carbonyl (C=O) groups excluding carboxylic acids is 2. The number of fused-ring (bicyclic) bond motifs is 2. The Labute approximate surface area is 150 Å². The van der Waals surface area contributed by atoms with Crippen molar-refractivity contribution in [1.29, 1.82) is 5.26 Å².